The highest BCUT2D eigenvalue weighted by Crippen LogP contribution is 2.17. The molecule has 0 N–H and O–H groups in total. The molecule has 2 aromatic rings. The highest BCUT2D eigenvalue weighted by atomic mass is 19.1. The number of nitriles is 1. The predicted molar refractivity (Wildman–Crippen MR) is 81.3 cm³/mol. The first kappa shape index (κ1) is 16.6. The van der Waals surface area contributed by atoms with Gasteiger partial charge >= 0.3 is 5.97 Å². The number of rotatable bonds is 6. The molecule has 118 valence electrons. The smallest absolute Gasteiger partial charge is 0.381 e. The molecule has 1 heterocycles. The van der Waals surface area contributed by atoms with Gasteiger partial charge in [-0.3, -0.25) is 0 Å². The number of nitrogens with zero attached hydrogens (tertiary/aromatic N) is 3. The van der Waals surface area contributed by atoms with E-state index in [0.29, 0.717) is 0 Å². The number of carbonyl (C=O) groups excluding carboxylic acids is 1. The number of hydrogen-bond donors (Lipinski definition) is 0. The van der Waals surface area contributed by atoms with Gasteiger partial charge in [0.15, 0.2) is 0 Å². The van der Waals surface area contributed by atoms with E-state index in [0.717, 1.165) is 37.3 Å². The summed E-state index contributed by atoms with van der Waals surface area (Å²) in [5.41, 5.74) is 0.844. The first-order chi connectivity index (χ1) is 11.1. The normalized spacial score (nSPS) is 10.1. The number of aryl methyl sites for hydroxylation is 1. The molecule has 23 heavy (non-hydrogen) atoms. The van der Waals surface area contributed by atoms with Crippen molar-refractivity contribution in [2.45, 2.75) is 32.6 Å². The van der Waals surface area contributed by atoms with Crippen molar-refractivity contribution >= 4 is 5.97 Å². The average Bonchev–Trinajstić information content (AvgIpc) is 2.56. The molecule has 0 bridgehead atoms. The Morgan fingerprint density at radius 1 is 1.30 bits per heavy atom. The van der Waals surface area contributed by atoms with E-state index in [4.69, 9.17) is 10.00 Å². The third-order valence-electron chi connectivity index (χ3n) is 3.23. The van der Waals surface area contributed by atoms with Crippen LogP contribution >= 0.6 is 0 Å². The summed E-state index contributed by atoms with van der Waals surface area (Å²) in [7, 11) is 0. The minimum Gasteiger partial charge on any atom is -0.421 e. The fourth-order valence-electron chi connectivity index (χ4n) is 1.97. The molecule has 0 saturated carbocycles. The third-order valence-corrected chi connectivity index (χ3v) is 3.23. The van der Waals surface area contributed by atoms with Crippen molar-refractivity contribution < 1.29 is 13.9 Å². The second-order valence-corrected chi connectivity index (χ2v) is 5.02. The Morgan fingerprint density at radius 3 is 2.65 bits per heavy atom. The monoisotopic (exact) mass is 313 g/mol. The van der Waals surface area contributed by atoms with Gasteiger partial charge in [-0.05, 0) is 30.5 Å². The second kappa shape index (κ2) is 7.99. The third kappa shape index (κ3) is 4.58. The molecule has 0 aliphatic heterocycles. The number of halogens is 1. The first-order valence-corrected chi connectivity index (χ1v) is 7.36. The minimum atomic E-state index is -0.769. The van der Waals surface area contributed by atoms with Crippen LogP contribution in [0.2, 0.25) is 0 Å². The number of esters is 1. The number of benzene rings is 1. The van der Waals surface area contributed by atoms with Gasteiger partial charge in [-0.25, -0.2) is 19.2 Å². The van der Waals surface area contributed by atoms with E-state index in [1.807, 2.05) is 0 Å². The van der Waals surface area contributed by atoms with Crippen molar-refractivity contribution in [2.75, 3.05) is 0 Å². The lowest BCUT2D eigenvalue weighted by atomic mass is 10.1. The van der Waals surface area contributed by atoms with Crippen LogP contribution in [0.15, 0.2) is 30.6 Å². The van der Waals surface area contributed by atoms with Gasteiger partial charge in [-0.2, -0.15) is 5.26 Å². The molecular weight excluding hydrogens is 297 g/mol. The van der Waals surface area contributed by atoms with Crippen molar-refractivity contribution in [1.29, 1.82) is 5.26 Å². The van der Waals surface area contributed by atoms with E-state index in [-0.39, 0.29) is 17.1 Å². The maximum absolute atomic E-state index is 13.5. The topological polar surface area (TPSA) is 75.9 Å². The van der Waals surface area contributed by atoms with Gasteiger partial charge in [0.05, 0.1) is 5.56 Å². The Bertz CT molecular complexity index is 724. The lowest BCUT2D eigenvalue weighted by Crippen LogP contribution is -2.13. The molecule has 1 aromatic heterocycles. The van der Waals surface area contributed by atoms with Gasteiger partial charge in [0.25, 0.3) is 0 Å². The van der Waals surface area contributed by atoms with Crippen molar-refractivity contribution in [2.24, 2.45) is 0 Å². The summed E-state index contributed by atoms with van der Waals surface area (Å²) in [6, 6.07) is 5.27. The number of carbonyl (C=O) groups is 1. The Hall–Kier alpha value is -2.81. The molecule has 5 nitrogen and oxygen atoms in total. The standard InChI is InChI=1S/C17H16FN3O2/c1-2-3-4-5-12-10-20-16(21-11-12)17(22)23-14-7-6-13(9-19)15(18)8-14/h6-8,10-11H,2-5H2,1H3. The van der Waals surface area contributed by atoms with E-state index in [1.54, 1.807) is 18.5 Å². The minimum absolute atomic E-state index is 0.00197. The summed E-state index contributed by atoms with van der Waals surface area (Å²) >= 11 is 0. The van der Waals surface area contributed by atoms with Crippen LogP contribution in [0.25, 0.3) is 0 Å². The molecule has 0 aliphatic rings. The fraction of sp³-hybridized carbons (Fsp3) is 0.294. The Morgan fingerprint density at radius 2 is 2.04 bits per heavy atom. The van der Waals surface area contributed by atoms with E-state index in [9.17, 15) is 9.18 Å². The zero-order valence-corrected chi connectivity index (χ0v) is 12.8. The number of hydrogen-bond acceptors (Lipinski definition) is 5. The van der Waals surface area contributed by atoms with Crippen molar-refractivity contribution in [3.8, 4) is 11.8 Å². The van der Waals surface area contributed by atoms with Crippen LogP contribution in [0.3, 0.4) is 0 Å². The molecule has 0 amide bonds. The zero-order chi connectivity index (χ0) is 16.7. The maximum Gasteiger partial charge on any atom is 0.381 e. The maximum atomic E-state index is 13.5. The first-order valence-electron chi connectivity index (χ1n) is 7.36. The Balaban J connectivity index is 2.00. The highest BCUT2D eigenvalue weighted by Gasteiger charge is 2.13. The molecule has 6 heteroatoms. The van der Waals surface area contributed by atoms with Crippen LogP contribution in [0.5, 0.6) is 5.75 Å². The van der Waals surface area contributed by atoms with Crippen LogP contribution < -0.4 is 4.74 Å². The van der Waals surface area contributed by atoms with Crippen LogP contribution in [-0.4, -0.2) is 15.9 Å². The summed E-state index contributed by atoms with van der Waals surface area (Å²) in [5, 5.41) is 8.65. The average molecular weight is 313 g/mol. The van der Waals surface area contributed by atoms with Gasteiger partial charge in [-0.15, -0.1) is 0 Å². The van der Waals surface area contributed by atoms with E-state index < -0.39 is 11.8 Å². The lowest BCUT2D eigenvalue weighted by Gasteiger charge is -2.05. The van der Waals surface area contributed by atoms with Crippen LogP contribution in [-0.2, 0) is 6.42 Å². The predicted octanol–water partition coefficient (Wildman–Crippen LogP) is 3.44. The van der Waals surface area contributed by atoms with Gasteiger partial charge in [0.2, 0.25) is 5.82 Å². The summed E-state index contributed by atoms with van der Waals surface area (Å²) in [4.78, 5) is 19.9. The number of aromatic nitrogens is 2. The van der Waals surface area contributed by atoms with E-state index in [2.05, 4.69) is 16.9 Å². The summed E-state index contributed by atoms with van der Waals surface area (Å²) in [5.74, 6) is -1.60. The molecule has 0 aliphatic carbocycles. The number of ether oxygens (including phenoxy) is 1. The summed E-state index contributed by atoms with van der Waals surface area (Å²) in [6.45, 7) is 2.13. The van der Waals surface area contributed by atoms with E-state index in [1.165, 1.54) is 12.1 Å². The van der Waals surface area contributed by atoms with Crippen LogP contribution in [0, 0.1) is 17.1 Å². The van der Waals surface area contributed by atoms with Crippen molar-refractivity contribution in [1.82, 2.24) is 9.97 Å². The van der Waals surface area contributed by atoms with Gasteiger partial charge in [0, 0.05) is 18.5 Å². The van der Waals surface area contributed by atoms with Crippen molar-refractivity contribution in [3.63, 3.8) is 0 Å². The van der Waals surface area contributed by atoms with Gasteiger partial charge in [0.1, 0.15) is 17.6 Å². The van der Waals surface area contributed by atoms with Crippen LogP contribution in [0.1, 0.15) is 47.9 Å². The van der Waals surface area contributed by atoms with Crippen molar-refractivity contribution in [3.05, 3.63) is 53.4 Å². The number of unbranched alkanes of at least 4 members (excludes halogenated alkanes) is 2. The summed E-state index contributed by atoms with van der Waals surface area (Å²) in [6.07, 6.45) is 7.37. The lowest BCUT2D eigenvalue weighted by molar-refractivity contribution is 0.0721. The molecule has 2 rings (SSSR count). The molecule has 1 aromatic carbocycles. The SMILES string of the molecule is CCCCCc1cnc(C(=O)Oc2ccc(C#N)c(F)c2)nc1. The molecule has 0 radical (unpaired) electrons. The Labute approximate surface area is 133 Å². The quantitative estimate of drug-likeness (QED) is 0.464. The molecule has 0 atom stereocenters. The van der Waals surface area contributed by atoms with Crippen LogP contribution in [0.4, 0.5) is 4.39 Å². The largest absolute Gasteiger partial charge is 0.421 e. The molecule has 0 unspecified atom stereocenters. The fourth-order valence-corrected chi connectivity index (χ4v) is 1.97. The summed E-state index contributed by atoms with van der Waals surface area (Å²) < 4.78 is 18.5. The molecule has 0 saturated heterocycles. The highest BCUT2D eigenvalue weighted by molar-refractivity contribution is 5.86. The van der Waals surface area contributed by atoms with Gasteiger partial charge < -0.3 is 4.74 Å². The van der Waals surface area contributed by atoms with E-state index >= 15 is 0 Å². The second-order valence-electron chi connectivity index (χ2n) is 5.02. The van der Waals surface area contributed by atoms with Gasteiger partial charge in [-0.1, -0.05) is 19.8 Å². The molecule has 0 fully saturated rings. The molecular formula is C17H16FN3O2. The zero-order valence-electron chi connectivity index (χ0n) is 12.8. The molecule has 0 spiro atoms. The Kier molecular flexibility index (Phi) is 5.75.